The van der Waals surface area contributed by atoms with Gasteiger partial charge in [-0.3, -0.25) is 4.72 Å². The Balaban J connectivity index is 2.01. The van der Waals surface area contributed by atoms with Crippen LogP contribution >= 0.6 is 0 Å². The van der Waals surface area contributed by atoms with E-state index in [1.807, 2.05) is 13.0 Å². The third-order valence-electron chi connectivity index (χ3n) is 4.14. The molecule has 8 heteroatoms. The van der Waals surface area contributed by atoms with E-state index in [2.05, 4.69) is 4.72 Å². The summed E-state index contributed by atoms with van der Waals surface area (Å²) in [7, 11) is -2.07. The van der Waals surface area contributed by atoms with Gasteiger partial charge in [0.15, 0.2) is 0 Å². The van der Waals surface area contributed by atoms with Gasteiger partial charge in [0.05, 0.1) is 18.0 Å². The SMILES string of the molecule is COc1cc(C)ccc1NS(=O)(=O)C1CCN(C(=O)OC(C)(C)C)CC1. The summed E-state index contributed by atoms with van der Waals surface area (Å²) in [6.07, 6.45) is 0.326. The maximum absolute atomic E-state index is 12.7. The van der Waals surface area contributed by atoms with Gasteiger partial charge in [-0.1, -0.05) is 6.07 Å². The van der Waals surface area contributed by atoms with Crippen LogP contribution in [0.4, 0.5) is 10.5 Å². The van der Waals surface area contributed by atoms with Crippen LogP contribution in [-0.2, 0) is 14.8 Å². The molecule has 0 atom stereocenters. The van der Waals surface area contributed by atoms with Crippen molar-refractivity contribution in [2.45, 2.75) is 51.4 Å². The number of methoxy groups -OCH3 is 1. The third-order valence-corrected chi connectivity index (χ3v) is 6.00. The molecular formula is C18H28N2O5S. The summed E-state index contributed by atoms with van der Waals surface area (Å²) in [5.41, 5.74) is 0.840. The van der Waals surface area contributed by atoms with E-state index in [1.165, 1.54) is 7.11 Å². The van der Waals surface area contributed by atoms with E-state index >= 15 is 0 Å². The van der Waals surface area contributed by atoms with Gasteiger partial charge in [-0.2, -0.15) is 0 Å². The molecule has 26 heavy (non-hydrogen) atoms. The van der Waals surface area contributed by atoms with Crippen LogP contribution < -0.4 is 9.46 Å². The average Bonchev–Trinajstić information content (AvgIpc) is 2.55. The number of ether oxygens (including phenoxy) is 2. The molecule has 146 valence electrons. The molecular weight excluding hydrogens is 356 g/mol. The van der Waals surface area contributed by atoms with Gasteiger partial charge in [0.2, 0.25) is 10.0 Å². The van der Waals surface area contributed by atoms with Crippen LogP contribution in [0, 0.1) is 6.92 Å². The standard InChI is InChI=1S/C18H28N2O5S/c1-13-6-7-15(16(12-13)24-5)19-26(22,23)14-8-10-20(11-9-14)17(21)25-18(2,3)4/h6-7,12,14,19H,8-11H2,1-5H3. The number of hydrogen-bond donors (Lipinski definition) is 1. The van der Waals surface area contributed by atoms with Crippen molar-refractivity contribution in [2.75, 3.05) is 24.9 Å². The van der Waals surface area contributed by atoms with Gasteiger partial charge >= 0.3 is 6.09 Å². The summed E-state index contributed by atoms with van der Waals surface area (Å²) >= 11 is 0. The Bertz CT molecular complexity index is 747. The number of sulfonamides is 1. The highest BCUT2D eigenvalue weighted by molar-refractivity contribution is 7.93. The zero-order valence-corrected chi connectivity index (χ0v) is 16.9. The van der Waals surface area contributed by atoms with Crippen molar-refractivity contribution in [3.05, 3.63) is 23.8 Å². The first-order valence-electron chi connectivity index (χ1n) is 8.66. The van der Waals surface area contributed by atoms with Crippen molar-refractivity contribution in [1.29, 1.82) is 0 Å². The van der Waals surface area contributed by atoms with Crippen LogP contribution in [0.1, 0.15) is 39.2 Å². The Kier molecular flexibility index (Phi) is 6.05. The molecule has 1 heterocycles. The Morgan fingerprint density at radius 3 is 2.38 bits per heavy atom. The minimum Gasteiger partial charge on any atom is -0.495 e. The summed E-state index contributed by atoms with van der Waals surface area (Å²) in [4.78, 5) is 13.7. The van der Waals surface area contributed by atoms with E-state index in [1.54, 1.807) is 37.8 Å². The number of anilines is 1. The fourth-order valence-electron chi connectivity index (χ4n) is 2.79. The average molecular weight is 384 g/mol. The second kappa shape index (κ2) is 7.73. The van der Waals surface area contributed by atoms with Gasteiger partial charge in [0, 0.05) is 13.1 Å². The minimum atomic E-state index is -3.57. The van der Waals surface area contributed by atoms with E-state index in [4.69, 9.17) is 9.47 Å². The first kappa shape index (κ1) is 20.4. The van der Waals surface area contributed by atoms with Crippen molar-refractivity contribution < 1.29 is 22.7 Å². The Morgan fingerprint density at radius 1 is 1.23 bits per heavy atom. The van der Waals surface area contributed by atoms with Crippen LogP contribution in [0.3, 0.4) is 0 Å². The topological polar surface area (TPSA) is 84.9 Å². The molecule has 0 radical (unpaired) electrons. The van der Waals surface area contributed by atoms with Crippen molar-refractivity contribution in [2.24, 2.45) is 0 Å². The highest BCUT2D eigenvalue weighted by Crippen LogP contribution is 2.29. The van der Waals surface area contributed by atoms with Crippen LogP contribution in [0.2, 0.25) is 0 Å². The van der Waals surface area contributed by atoms with E-state index in [0.29, 0.717) is 37.4 Å². The molecule has 0 spiro atoms. The van der Waals surface area contributed by atoms with Crippen LogP contribution in [0.5, 0.6) is 5.75 Å². The number of amides is 1. The molecule has 2 rings (SSSR count). The normalized spacial score (nSPS) is 16.3. The molecule has 1 aromatic carbocycles. The number of carbonyl (C=O) groups is 1. The van der Waals surface area contributed by atoms with Gasteiger partial charge in [-0.15, -0.1) is 0 Å². The second-order valence-electron chi connectivity index (χ2n) is 7.52. The molecule has 1 amide bonds. The van der Waals surface area contributed by atoms with Crippen molar-refractivity contribution >= 4 is 21.8 Å². The number of benzene rings is 1. The maximum atomic E-state index is 12.7. The number of carbonyl (C=O) groups excluding carboxylic acids is 1. The van der Waals surface area contributed by atoms with Gasteiger partial charge in [0.25, 0.3) is 0 Å². The van der Waals surface area contributed by atoms with Gasteiger partial charge in [-0.05, 0) is 58.2 Å². The zero-order chi connectivity index (χ0) is 19.5. The lowest BCUT2D eigenvalue weighted by Crippen LogP contribution is -2.45. The number of aryl methyl sites for hydroxylation is 1. The van der Waals surface area contributed by atoms with Crippen molar-refractivity contribution in [3.63, 3.8) is 0 Å². The predicted octanol–water partition coefficient (Wildman–Crippen LogP) is 3.14. The zero-order valence-electron chi connectivity index (χ0n) is 16.0. The predicted molar refractivity (Wildman–Crippen MR) is 101 cm³/mol. The van der Waals surface area contributed by atoms with Crippen LogP contribution in [-0.4, -0.2) is 50.5 Å². The lowest BCUT2D eigenvalue weighted by molar-refractivity contribution is 0.0217. The number of nitrogens with one attached hydrogen (secondary N) is 1. The van der Waals surface area contributed by atoms with Crippen molar-refractivity contribution in [3.8, 4) is 5.75 Å². The van der Waals surface area contributed by atoms with Crippen LogP contribution in [0.25, 0.3) is 0 Å². The molecule has 0 unspecified atom stereocenters. The van der Waals surface area contributed by atoms with E-state index < -0.39 is 27.0 Å². The van der Waals surface area contributed by atoms with E-state index in [0.717, 1.165) is 5.56 Å². The number of nitrogens with zero attached hydrogens (tertiary/aromatic N) is 1. The molecule has 1 aliphatic heterocycles. The summed E-state index contributed by atoms with van der Waals surface area (Å²) in [5.74, 6) is 0.486. The minimum absolute atomic E-state index is 0.353. The highest BCUT2D eigenvalue weighted by atomic mass is 32.2. The number of hydrogen-bond acceptors (Lipinski definition) is 5. The maximum Gasteiger partial charge on any atom is 0.410 e. The Morgan fingerprint density at radius 2 is 1.85 bits per heavy atom. The summed E-state index contributed by atoms with van der Waals surface area (Å²) in [6.45, 7) is 8.03. The van der Waals surface area contributed by atoms with Gasteiger partial charge in [0.1, 0.15) is 11.4 Å². The summed E-state index contributed by atoms with van der Waals surface area (Å²) in [6, 6.07) is 5.30. The molecule has 0 aromatic heterocycles. The first-order valence-corrected chi connectivity index (χ1v) is 10.2. The lowest BCUT2D eigenvalue weighted by atomic mass is 10.1. The quantitative estimate of drug-likeness (QED) is 0.862. The molecule has 1 aromatic rings. The number of rotatable bonds is 4. The molecule has 1 fully saturated rings. The van der Waals surface area contributed by atoms with Gasteiger partial charge in [-0.25, -0.2) is 13.2 Å². The summed E-state index contributed by atoms with van der Waals surface area (Å²) in [5, 5.41) is -0.563. The molecule has 0 bridgehead atoms. The molecule has 1 saturated heterocycles. The monoisotopic (exact) mass is 384 g/mol. The fourth-order valence-corrected chi connectivity index (χ4v) is 4.27. The smallest absolute Gasteiger partial charge is 0.410 e. The summed E-state index contributed by atoms with van der Waals surface area (Å²) < 4.78 is 38.7. The Labute approximate surface area is 155 Å². The molecule has 0 aliphatic carbocycles. The largest absolute Gasteiger partial charge is 0.495 e. The van der Waals surface area contributed by atoms with E-state index in [-0.39, 0.29) is 0 Å². The van der Waals surface area contributed by atoms with Crippen LogP contribution in [0.15, 0.2) is 18.2 Å². The first-order chi connectivity index (χ1) is 12.0. The Hall–Kier alpha value is -1.96. The second-order valence-corrected chi connectivity index (χ2v) is 9.48. The lowest BCUT2D eigenvalue weighted by Gasteiger charge is -2.33. The fraction of sp³-hybridized carbons (Fsp3) is 0.611. The number of likely N-dealkylation sites (tertiary alicyclic amines) is 1. The molecule has 1 aliphatic rings. The number of piperidine rings is 1. The third kappa shape index (κ3) is 5.27. The molecule has 1 N–H and O–H groups in total. The van der Waals surface area contributed by atoms with Gasteiger partial charge < -0.3 is 14.4 Å². The van der Waals surface area contributed by atoms with E-state index in [9.17, 15) is 13.2 Å². The van der Waals surface area contributed by atoms with Crippen molar-refractivity contribution in [1.82, 2.24) is 4.90 Å². The molecule has 0 saturated carbocycles. The highest BCUT2D eigenvalue weighted by Gasteiger charge is 2.33. The molecule has 7 nitrogen and oxygen atoms in total.